The zero-order valence-electron chi connectivity index (χ0n) is 21.2. The number of unbranched alkanes of at least 4 members (excludes halogenated alkanes) is 3. The number of pyridine rings is 1. The van der Waals surface area contributed by atoms with Crippen molar-refractivity contribution in [2.45, 2.75) is 71.3 Å². The maximum Gasteiger partial charge on any atom is 0.244 e. The monoisotopic (exact) mass is 464 g/mol. The molecule has 0 fully saturated rings. The molecular formula is C29H40N2O3. The molecule has 1 amide bonds. The molecular weight excluding hydrogens is 424 g/mol. The van der Waals surface area contributed by atoms with Crippen molar-refractivity contribution >= 4 is 11.5 Å². The predicted octanol–water partition coefficient (Wildman–Crippen LogP) is 6.54. The highest BCUT2D eigenvalue weighted by molar-refractivity contribution is 5.88. The van der Waals surface area contributed by atoms with Crippen LogP contribution < -0.4 is 14.8 Å². The molecule has 0 aliphatic rings. The fourth-order valence-electron chi connectivity index (χ4n) is 3.96. The lowest BCUT2D eigenvalue weighted by Gasteiger charge is -2.15. The maximum absolute atomic E-state index is 12.4. The van der Waals surface area contributed by atoms with Crippen molar-refractivity contribution in [3.8, 4) is 11.5 Å². The molecule has 34 heavy (non-hydrogen) atoms. The van der Waals surface area contributed by atoms with Crippen LogP contribution in [0.1, 0.15) is 69.9 Å². The van der Waals surface area contributed by atoms with Gasteiger partial charge in [0.15, 0.2) is 11.5 Å². The van der Waals surface area contributed by atoms with Crippen LogP contribution in [0, 0.1) is 0 Å². The molecule has 184 valence electrons. The van der Waals surface area contributed by atoms with Gasteiger partial charge in [0.2, 0.25) is 5.91 Å². The number of hydrogen-bond acceptors (Lipinski definition) is 4. The van der Waals surface area contributed by atoms with Gasteiger partial charge in [-0.2, -0.15) is 0 Å². The van der Waals surface area contributed by atoms with E-state index in [4.69, 9.17) is 9.47 Å². The van der Waals surface area contributed by atoms with Crippen LogP contribution in [0.4, 0.5) is 0 Å². The lowest BCUT2D eigenvalue weighted by Crippen LogP contribution is -2.31. The van der Waals surface area contributed by atoms with Gasteiger partial charge in [0.05, 0.1) is 14.2 Å². The summed E-state index contributed by atoms with van der Waals surface area (Å²) in [5.74, 6) is 1.36. The molecule has 0 saturated heterocycles. The minimum atomic E-state index is -0.0759. The van der Waals surface area contributed by atoms with E-state index in [0.29, 0.717) is 5.75 Å². The first-order valence-corrected chi connectivity index (χ1v) is 12.4. The number of methoxy groups -OCH3 is 2. The predicted molar refractivity (Wildman–Crippen MR) is 140 cm³/mol. The first-order chi connectivity index (χ1) is 16.6. The number of allylic oxidation sites excluding steroid dienone is 3. The van der Waals surface area contributed by atoms with Crippen LogP contribution >= 0.6 is 0 Å². The average Bonchev–Trinajstić information content (AvgIpc) is 2.85. The summed E-state index contributed by atoms with van der Waals surface area (Å²) in [6.07, 6.45) is 17.7. The molecule has 1 N–H and O–H groups in total. The summed E-state index contributed by atoms with van der Waals surface area (Å²) < 4.78 is 11.1. The van der Waals surface area contributed by atoms with Crippen molar-refractivity contribution in [1.82, 2.24) is 10.3 Å². The Labute approximate surface area is 205 Å². The molecule has 5 nitrogen and oxygen atoms in total. The number of rotatable bonds is 15. The van der Waals surface area contributed by atoms with Crippen LogP contribution in [0.2, 0.25) is 0 Å². The van der Waals surface area contributed by atoms with Gasteiger partial charge in [-0.05, 0) is 62.3 Å². The Morgan fingerprint density at radius 1 is 1.09 bits per heavy atom. The van der Waals surface area contributed by atoms with Crippen molar-refractivity contribution in [2.24, 2.45) is 0 Å². The highest BCUT2D eigenvalue weighted by Crippen LogP contribution is 2.37. The van der Waals surface area contributed by atoms with Gasteiger partial charge in [-0.1, -0.05) is 56.5 Å². The van der Waals surface area contributed by atoms with Crippen LogP contribution in [-0.2, 0) is 11.2 Å². The van der Waals surface area contributed by atoms with E-state index in [-0.39, 0.29) is 11.9 Å². The number of carbonyl (C=O) groups excluding carboxylic acids is 1. The van der Waals surface area contributed by atoms with Gasteiger partial charge >= 0.3 is 0 Å². The molecule has 0 saturated carbocycles. The maximum atomic E-state index is 12.4. The van der Waals surface area contributed by atoms with Crippen molar-refractivity contribution in [2.75, 3.05) is 14.2 Å². The summed E-state index contributed by atoms with van der Waals surface area (Å²) in [6.45, 7) is 4.26. The number of aromatic nitrogens is 1. The summed E-state index contributed by atoms with van der Waals surface area (Å²) in [6, 6.07) is 10.1. The van der Waals surface area contributed by atoms with Gasteiger partial charge in [-0.25, -0.2) is 0 Å². The largest absolute Gasteiger partial charge is 0.493 e. The van der Waals surface area contributed by atoms with E-state index < -0.39 is 0 Å². The van der Waals surface area contributed by atoms with Gasteiger partial charge in [-0.15, -0.1) is 0 Å². The molecule has 2 aromatic rings. The number of nitrogens with zero attached hydrogens (tertiary/aromatic N) is 1. The molecule has 1 heterocycles. The second-order valence-electron chi connectivity index (χ2n) is 8.57. The second-order valence-corrected chi connectivity index (χ2v) is 8.57. The van der Waals surface area contributed by atoms with Gasteiger partial charge in [0.25, 0.3) is 0 Å². The summed E-state index contributed by atoms with van der Waals surface area (Å²) in [7, 11) is 3.31. The molecule has 5 heteroatoms. The third-order valence-corrected chi connectivity index (χ3v) is 5.81. The number of amides is 1. The number of nitrogens with one attached hydrogen (secondary N) is 1. The van der Waals surface area contributed by atoms with E-state index in [1.165, 1.54) is 24.8 Å². The standard InChI is InChI=1S/C29H40N2O3/c1-5-6-7-8-16-25(26-18-11-19-27(33-3)29(26)34-4)17-10-20-28(32)31-23(2)13-9-14-24-15-12-21-30-22-24/h10-12,15,17-23H,5-9,13-14,16H2,1-4H3,(H,31,32)/b20-10+,25-17+/t23-/m1/s1. The summed E-state index contributed by atoms with van der Waals surface area (Å²) in [5.41, 5.74) is 3.37. The number of carbonyl (C=O) groups is 1. The fourth-order valence-corrected chi connectivity index (χ4v) is 3.96. The number of aryl methyl sites for hydroxylation is 1. The van der Waals surface area contributed by atoms with Crippen LogP contribution in [0.15, 0.2) is 61.0 Å². The second kappa shape index (κ2) is 15.7. The Hall–Kier alpha value is -3.08. The highest BCUT2D eigenvalue weighted by atomic mass is 16.5. The smallest absolute Gasteiger partial charge is 0.244 e. The van der Waals surface area contributed by atoms with E-state index >= 15 is 0 Å². The molecule has 1 atom stereocenters. The Balaban J connectivity index is 1.99. The molecule has 0 bridgehead atoms. The lowest BCUT2D eigenvalue weighted by molar-refractivity contribution is -0.117. The third kappa shape index (κ3) is 9.42. The molecule has 0 unspecified atom stereocenters. The third-order valence-electron chi connectivity index (χ3n) is 5.81. The van der Waals surface area contributed by atoms with Crippen LogP contribution in [-0.4, -0.2) is 31.2 Å². The molecule has 2 rings (SSSR count). The van der Waals surface area contributed by atoms with Crippen LogP contribution in [0.25, 0.3) is 5.57 Å². The van der Waals surface area contributed by atoms with Gasteiger partial charge < -0.3 is 14.8 Å². The zero-order chi connectivity index (χ0) is 24.6. The zero-order valence-corrected chi connectivity index (χ0v) is 21.2. The molecule has 0 aliphatic heterocycles. The SMILES string of the molecule is CCCCCC/C(=C\C=C\C(=O)N[C@H](C)CCCc1cccnc1)c1cccc(OC)c1OC. The first kappa shape index (κ1) is 27.2. The fraction of sp³-hybridized carbons (Fsp3) is 0.448. The molecule has 0 aliphatic carbocycles. The van der Waals surface area contributed by atoms with Crippen LogP contribution in [0.3, 0.4) is 0 Å². The Bertz CT molecular complexity index is 922. The number of hydrogen-bond donors (Lipinski definition) is 1. The van der Waals surface area contributed by atoms with Crippen molar-refractivity contribution < 1.29 is 14.3 Å². The van der Waals surface area contributed by atoms with Crippen LogP contribution in [0.5, 0.6) is 11.5 Å². The van der Waals surface area contributed by atoms with Gasteiger partial charge in [0, 0.05) is 30.1 Å². The molecule has 1 aromatic heterocycles. The van der Waals surface area contributed by atoms with E-state index in [9.17, 15) is 4.79 Å². The Morgan fingerprint density at radius 3 is 2.65 bits per heavy atom. The van der Waals surface area contributed by atoms with Crippen molar-refractivity contribution in [1.29, 1.82) is 0 Å². The molecule has 1 aromatic carbocycles. The summed E-state index contributed by atoms with van der Waals surface area (Å²) >= 11 is 0. The highest BCUT2D eigenvalue weighted by Gasteiger charge is 2.13. The Kier molecular flexibility index (Phi) is 12.5. The van der Waals surface area contributed by atoms with E-state index in [1.807, 2.05) is 49.5 Å². The first-order valence-electron chi connectivity index (χ1n) is 12.4. The van der Waals surface area contributed by atoms with Gasteiger partial charge in [-0.3, -0.25) is 9.78 Å². The van der Waals surface area contributed by atoms with Crippen molar-refractivity contribution in [3.05, 3.63) is 72.1 Å². The molecule has 0 spiro atoms. The molecule has 0 radical (unpaired) electrons. The van der Waals surface area contributed by atoms with E-state index in [2.05, 4.69) is 23.3 Å². The Morgan fingerprint density at radius 2 is 1.94 bits per heavy atom. The normalized spacial score (nSPS) is 12.5. The quantitative estimate of drug-likeness (QED) is 0.185. The topological polar surface area (TPSA) is 60.5 Å². The number of para-hydroxylation sites is 1. The average molecular weight is 465 g/mol. The number of benzene rings is 1. The van der Waals surface area contributed by atoms with E-state index in [1.54, 1.807) is 26.5 Å². The minimum Gasteiger partial charge on any atom is -0.493 e. The van der Waals surface area contributed by atoms with E-state index in [0.717, 1.165) is 49.0 Å². The minimum absolute atomic E-state index is 0.0759. The van der Waals surface area contributed by atoms with Gasteiger partial charge in [0.1, 0.15) is 0 Å². The summed E-state index contributed by atoms with van der Waals surface area (Å²) in [4.78, 5) is 16.6. The lowest BCUT2D eigenvalue weighted by atomic mass is 9.97. The number of ether oxygens (including phenoxy) is 2. The van der Waals surface area contributed by atoms with Crippen molar-refractivity contribution in [3.63, 3.8) is 0 Å². The summed E-state index contributed by atoms with van der Waals surface area (Å²) in [5, 5.41) is 3.07.